The number of hydrogen-bond acceptors (Lipinski definition) is 2. The fourth-order valence-electron chi connectivity index (χ4n) is 1.53. The number of halogens is 2. The molecule has 2 aromatic rings. The quantitative estimate of drug-likeness (QED) is 0.654. The highest BCUT2D eigenvalue weighted by atomic mass is 35.5. The van der Waals surface area contributed by atoms with Crippen molar-refractivity contribution in [3.05, 3.63) is 58.4 Å². The number of hydrogen-bond donors (Lipinski definition) is 1. The minimum absolute atomic E-state index is 0.174. The molecule has 0 unspecified atom stereocenters. The molecule has 0 radical (unpaired) electrons. The van der Waals surface area contributed by atoms with E-state index in [0.717, 1.165) is 21.0 Å². The van der Waals surface area contributed by atoms with E-state index in [-0.39, 0.29) is 11.5 Å². The molecule has 0 aliphatic rings. The first kappa shape index (κ1) is 13.2. The van der Waals surface area contributed by atoms with E-state index < -0.39 is 0 Å². The normalized spacial score (nSPS) is 10.6. The first-order valence-electron chi connectivity index (χ1n) is 5.49. The number of nitrogens with two attached hydrogens (primary N) is 1. The third-order valence-corrected chi connectivity index (χ3v) is 3.97. The van der Waals surface area contributed by atoms with Crippen molar-refractivity contribution in [1.82, 2.24) is 0 Å². The summed E-state index contributed by atoms with van der Waals surface area (Å²) in [6.07, 6.45) is 0. The second-order valence-electron chi connectivity index (χ2n) is 4.07. The Labute approximate surface area is 115 Å². The molecule has 0 aliphatic heterocycles. The van der Waals surface area contributed by atoms with Crippen molar-refractivity contribution < 1.29 is 4.39 Å². The Hall–Kier alpha value is -1.19. The Morgan fingerprint density at radius 1 is 1.22 bits per heavy atom. The van der Waals surface area contributed by atoms with Gasteiger partial charge in [0.1, 0.15) is 5.82 Å². The Kier molecular flexibility index (Phi) is 4.15. The number of thioether (sulfide) groups is 1. The van der Waals surface area contributed by atoms with Gasteiger partial charge in [0.2, 0.25) is 0 Å². The van der Waals surface area contributed by atoms with Crippen LogP contribution in [0.2, 0.25) is 5.02 Å². The lowest BCUT2D eigenvalue weighted by Crippen LogP contribution is -1.90. The smallest absolute Gasteiger partial charge is 0.147 e. The summed E-state index contributed by atoms with van der Waals surface area (Å²) in [5.74, 6) is 0.331. The first-order valence-corrected chi connectivity index (χ1v) is 6.85. The fraction of sp³-hybridized carbons (Fsp3) is 0.143. The molecule has 0 bridgehead atoms. The van der Waals surface area contributed by atoms with Crippen molar-refractivity contribution >= 4 is 29.1 Å². The van der Waals surface area contributed by atoms with Crippen molar-refractivity contribution in [1.29, 1.82) is 0 Å². The highest BCUT2D eigenvalue weighted by molar-refractivity contribution is 7.98. The lowest BCUT2D eigenvalue weighted by atomic mass is 10.2. The van der Waals surface area contributed by atoms with Crippen molar-refractivity contribution in [3.8, 4) is 0 Å². The van der Waals surface area contributed by atoms with Gasteiger partial charge in [0, 0.05) is 15.7 Å². The summed E-state index contributed by atoms with van der Waals surface area (Å²) in [6, 6.07) is 10.8. The van der Waals surface area contributed by atoms with Gasteiger partial charge in [-0.05, 0) is 42.3 Å². The van der Waals surface area contributed by atoms with Crippen LogP contribution >= 0.6 is 23.4 Å². The van der Waals surface area contributed by atoms with Crippen LogP contribution in [0.5, 0.6) is 0 Å². The van der Waals surface area contributed by atoms with Gasteiger partial charge in [-0.15, -0.1) is 11.8 Å². The maximum atomic E-state index is 13.3. The van der Waals surface area contributed by atoms with Crippen LogP contribution in [0.3, 0.4) is 0 Å². The minimum atomic E-state index is -0.380. The number of rotatable bonds is 3. The molecule has 94 valence electrons. The van der Waals surface area contributed by atoms with Crippen LogP contribution in [0.4, 0.5) is 10.1 Å². The summed E-state index contributed by atoms with van der Waals surface area (Å²) >= 11 is 7.68. The predicted molar refractivity (Wildman–Crippen MR) is 76.6 cm³/mol. The van der Waals surface area contributed by atoms with E-state index in [1.165, 1.54) is 17.8 Å². The first-order chi connectivity index (χ1) is 8.56. The van der Waals surface area contributed by atoms with E-state index >= 15 is 0 Å². The predicted octanol–water partition coefficient (Wildman–Crippen LogP) is 4.66. The Balaban J connectivity index is 2.09. The van der Waals surface area contributed by atoms with E-state index in [1.54, 1.807) is 6.07 Å². The Morgan fingerprint density at radius 3 is 2.67 bits per heavy atom. The SMILES string of the molecule is Cc1ccc(CSc2ccc(N)c(F)c2)c(Cl)c1. The molecular weight excluding hydrogens is 269 g/mol. The molecule has 4 heteroatoms. The molecule has 0 spiro atoms. The number of aryl methyl sites for hydroxylation is 1. The molecule has 2 aromatic carbocycles. The number of anilines is 1. The van der Waals surface area contributed by atoms with Gasteiger partial charge in [-0.3, -0.25) is 0 Å². The molecule has 2 N–H and O–H groups in total. The van der Waals surface area contributed by atoms with Crippen LogP contribution in [-0.2, 0) is 5.75 Å². The maximum Gasteiger partial charge on any atom is 0.147 e. The lowest BCUT2D eigenvalue weighted by molar-refractivity contribution is 0.629. The zero-order chi connectivity index (χ0) is 13.1. The second-order valence-corrected chi connectivity index (χ2v) is 5.52. The van der Waals surface area contributed by atoms with E-state index in [4.69, 9.17) is 17.3 Å². The van der Waals surface area contributed by atoms with Gasteiger partial charge in [0.25, 0.3) is 0 Å². The highest BCUT2D eigenvalue weighted by Crippen LogP contribution is 2.28. The summed E-state index contributed by atoms with van der Waals surface area (Å²) in [6.45, 7) is 2.00. The third-order valence-electron chi connectivity index (χ3n) is 2.57. The monoisotopic (exact) mass is 281 g/mol. The van der Waals surface area contributed by atoms with Crippen molar-refractivity contribution in [2.45, 2.75) is 17.6 Å². The molecule has 1 nitrogen and oxygen atoms in total. The number of nitrogen functional groups attached to an aromatic ring is 1. The molecule has 2 rings (SSSR count). The van der Waals surface area contributed by atoms with Crippen molar-refractivity contribution in [3.63, 3.8) is 0 Å². The van der Waals surface area contributed by atoms with Gasteiger partial charge in [-0.2, -0.15) is 0 Å². The van der Waals surface area contributed by atoms with E-state index in [2.05, 4.69) is 0 Å². The molecule has 18 heavy (non-hydrogen) atoms. The van der Waals surface area contributed by atoms with E-state index in [9.17, 15) is 4.39 Å². The van der Waals surface area contributed by atoms with E-state index in [0.29, 0.717) is 5.75 Å². The summed E-state index contributed by atoms with van der Waals surface area (Å²) in [5, 5.41) is 0.749. The Morgan fingerprint density at radius 2 is 2.00 bits per heavy atom. The van der Waals surface area contributed by atoms with Gasteiger partial charge >= 0.3 is 0 Å². The van der Waals surface area contributed by atoms with Crippen LogP contribution in [0.15, 0.2) is 41.3 Å². The van der Waals surface area contributed by atoms with Gasteiger partial charge < -0.3 is 5.73 Å². The Bertz CT molecular complexity index is 572. The molecule has 0 fully saturated rings. The molecule has 0 saturated heterocycles. The third kappa shape index (κ3) is 3.18. The van der Waals surface area contributed by atoms with E-state index in [1.807, 2.05) is 31.2 Å². The standard InChI is InChI=1S/C14H13ClFNS/c1-9-2-3-10(12(15)6-9)8-18-11-4-5-14(17)13(16)7-11/h2-7H,8,17H2,1H3. The van der Waals surface area contributed by atoms with Crippen molar-refractivity contribution in [2.24, 2.45) is 0 Å². The minimum Gasteiger partial charge on any atom is -0.396 e. The van der Waals surface area contributed by atoms with Gasteiger partial charge in [0.15, 0.2) is 0 Å². The van der Waals surface area contributed by atoms with Gasteiger partial charge in [0.05, 0.1) is 5.69 Å². The zero-order valence-corrected chi connectivity index (χ0v) is 11.5. The van der Waals surface area contributed by atoms with Crippen LogP contribution in [0, 0.1) is 12.7 Å². The van der Waals surface area contributed by atoms with Crippen LogP contribution < -0.4 is 5.73 Å². The fourth-order valence-corrected chi connectivity index (χ4v) is 2.83. The summed E-state index contributed by atoms with van der Waals surface area (Å²) < 4.78 is 13.3. The zero-order valence-electron chi connectivity index (χ0n) is 9.91. The van der Waals surface area contributed by atoms with Crippen molar-refractivity contribution in [2.75, 3.05) is 5.73 Å². The largest absolute Gasteiger partial charge is 0.396 e. The molecule has 0 aliphatic carbocycles. The van der Waals surface area contributed by atoms with Gasteiger partial charge in [-0.1, -0.05) is 23.7 Å². The van der Waals surface area contributed by atoms with Gasteiger partial charge in [-0.25, -0.2) is 4.39 Å². The molecule has 0 saturated carbocycles. The molecule has 0 aromatic heterocycles. The topological polar surface area (TPSA) is 26.0 Å². The highest BCUT2D eigenvalue weighted by Gasteiger charge is 2.04. The molecule has 0 heterocycles. The maximum absolute atomic E-state index is 13.3. The number of benzene rings is 2. The summed E-state index contributed by atoms with van der Waals surface area (Å²) in [5.41, 5.74) is 7.78. The second kappa shape index (κ2) is 5.63. The average molecular weight is 282 g/mol. The van der Waals surface area contributed by atoms with Crippen LogP contribution in [0.25, 0.3) is 0 Å². The molecule has 0 amide bonds. The summed E-state index contributed by atoms with van der Waals surface area (Å²) in [7, 11) is 0. The average Bonchev–Trinajstić information content (AvgIpc) is 2.32. The van der Waals surface area contributed by atoms with Crippen LogP contribution in [0.1, 0.15) is 11.1 Å². The lowest BCUT2D eigenvalue weighted by Gasteiger charge is -2.06. The molecule has 0 atom stereocenters. The van der Waals surface area contributed by atoms with Crippen LogP contribution in [-0.4, -0.2) is 0 Å². The molecular formula is C14H13ClFNS. The summed E-state index contributed by atoms with van der Waals surface area (Å²) in [4.78, 5) is 0.846.